The summed E-state index contributed by atoms with van der Waals surface area (Å²) in [5, 5.41) is 9.97. The first-order valence-corrected chi connectivity index (χ1v) is 18.1. The van der Waals surface area contributed by atoms with Crippen molar-refractivity contribution in [2.45, 2.75) is 114 Å². The van der Waals surface area contributed by atoms with Crippen molar-refractivity contribution in [1.82, 2.24) is 0 Å². The molecule has 2 unspecified atom stereocenters. The number of Topliss-reactive ketones (excluding diaryl/α,β-unsaturated/α-hetero) is 2. The Balaban J connectivity index is 1.56. The molecule has 5 aliphatic carbocycles. The second kappa shape index (κ2) is 10.6. The zero-order valence-electron chi connectivity index (χ0n) is 28.0. The summed E-state index contributed by atoms with van der Waals surface area (Å²) in [4.78, 5) is 28.1. The van der Waals surface area contributed by atoms with Crippen LogP contribution in [0.2, 0.25) is 0 Å². The molecule has 0 aliphatic heterocycles. The highest BCUT2D eigenvalue weighted by Crippen LogP contribution is 2.76. The number of phosphoric acid groups is 1. The number of allylic oxidation sites excluding steroid dienone is 2. The monoisotopic (exact) mass is 615 g/mol. The fourth-order valence-corrected chi connectivity index (χ4v) is 12.6. The Bertz CT molecular complexity index is 1290. The van der Waals surface area contributed by atoms with Gasteiger partial charge in [0.05, 0.1) is 25.4 Å². The number of ketones is 2. The molecule has 0 N–H and O–H groups in total. The maximum atomic E-state index is 14.7. The molecule has 5 aliphatic rings. The van der Waals surface area contributed by atoms with E-state index in [-0.39, 0.29) is 76.5 Å². The third-order valence-electron chi connectivity index (χ3n) is 13.7. The van der Waals surface area contributed by atoms with Crippen LogP contribution in [0.4, 0.5) is 0 Å². The average Bonchev–Trinajstić information content (AvgIpc) is 2.91. The highest BCUT2D eigenvalue weighted by Gasteiger charge is 2.72. The number of phosphoric ester groups is 1. The van der Waals surface area contributed by atoms with E-state index in [9.17, 15) is 19.4 Å². The Morgan fingerprint density at radius 2 is 1.51 bits per heavy atom. The lowest BCUT2D eigenvalue weighted by Crippen LogP contribution is -2.69. The number of hydrogen-bond donors (Lipinski definition) is 0. The fourth-order valence-electron chi connectivity index (χ4n) is 11.3. The lowest BCUT2D eigenvalue weighted by atomic mass is 9.31. The van der Waals surface area contributed by atoms with Crippen molar-refractivity contribution >= 4 is 19.4 Å². The van der Waals surface area contributed by atoms with E-state index in [2.05, 4.69) is 40.7 Å². The van der Waals surface area contributed by atoms with Crippen molar-refractivity contribution < 1.29 is 27.7 Å². The van der Waals surface area contributed by atoms with Crippen LogP contribution >= 0.6 is 7.82 Å². The van der Waals surface area contributed by atoms with Crippen LogP contribution in [0.1, 0.15) is 114 Å². The predicted octanol–water partition coefficient (Wildman–Crippen LogP) is 8.48. The van der Waals surface area contributed by atoms with Gasteiger partial charge in [0.1, 0.15) is 11.9 Å². The second-order valence-corrected chi connectivity index (χ2v) is 18.3. The summed E-state index contributed by atoms with van der Waals surface area (Å²) in [5.74, 6) is 0.388. The Kier molecular flexibility index (Phi) is 8.16. The Labute approximate surface area is 259 Å². The van der Waals surface area contributed by atoms with Gasteiger partial charge in [0.2, 0.25) is 0 Å². The van der Waals surface area contributed by atoms with Gasteiger partial charge in [-0.25, -0.2) is 4.57 Å². The van der Waals surface area contributed by atoms with Gasteiger partial charge in [0.15, 0.2) is 5.78 Å². The van der Waals surface area contributed by atoms with Gasteiger partial charge in [0.25, 0.3) is 0 Å². The summed E-state index contributed by atoms with van der Waals surface area (Å²) in [7, 11) is -3.69. The summed E-state index contributed by atoms with van der Waals surface area (Å²) in [6.07, 6.45) is 8.98. The molecule has 0 heterocycles. The standard InChI is InChI=1S/C35H54NO6P/c1-10-40-43(39,41-11-2)42-22-35-16-14-30(3,4)20-24(35)28-25(37)18-27-32(7)19-23(21-36)29(38)31(5,6)26(32)12-13-33(27,8)34(28,9)15-17-35/h19,24,26-28H,10-18,20,22H2,1-9H3/t24?,26-,27+,28?,32-,33+,34+,35+/m0/s1. The molecular weight excluding hydrogens is 561 g/mol. The van der Waals surface area contributed by atoms with E-state index < -0.39 is 18.7 Å². The van der Waals surface area contributed by atoms with Gasteiger partial charge in [-0.15, -0.1) is 0 Å². The van der Waals surface area contributed by atoms with Crippen molar-refractivity contribution in [3.8, 4) is 6.07 Å². The molecule has 43 heavy (non-hydrogen) atoms. The van der Waals surface area contributed by atoms with Crippen LogP contribution in [-0.2, 0) is 27.7 Å². The minimum absolute atomic E-state index is 0.0553. The van der Waals surface area contributed by atoms with Crippen molar-refractivity contribution in [3.63, 3.8) is 0 Å². The number of fused-ring (bicyclic) bond motifs is 7. The molecule has 5 rings (SSSR count). The van der Waals surface area contributed by atoms with Gasteiger partial charge in [-0.1, -0.05) is 54.5 Å². The molecule has 8 heteroatoms. The molecule has 0 radical (unpaired) electrons. The minimum Gasteiger partial charge on any atom is -0.299 e. The predicted molar refractivity (Wildman–Crippen MR) is 166 cm³/mol. The van der Waals surface area contributed by atoms with Crippen LogP contribution in [0.5, 0.6) is 0 Å². The molecule has 0 amide bonds. The second-order valence-electron chi connectivity index (χ2n) is 16.6. The molecule has 0 saturated heterocycles. The third kappa shape index (κ3) is 4.79. The van der Waals surface area contributed by atoms with E-state index in [1.165, 1.54) is 0 Å². The van der Waals surface area contributed by atoms with Gasteiger partial charge in [-0.2, -0.15) is 5.26 Å². The molecule has 8 atom stereocenters. The van der Waals surface area contributed by atoms with Crippen molar-refractivity contribution in [1.29, 1.82) is 5.26 Å². The first-order valence-electron chi connectivity index (χ1n) is 16.6. The molecule has 240 valence electrons. The highest BCUT2D eigenvalue weighted by atomic mass is 31.2. The van der Waals surface area contributed by atoms with E-state index in [4.69, 9.17) is 13.6 Å². The highest BCUT2D eigenvalue weighted by molar-refractivity contribution is 7.48. The van der Waals surface area contributed by atoms with Crippen LogP contribution < -0.4 is 0 Å². The number of rotatable bonds is 7. The van der Waals surface area contributed by atoms with Crippen LogP contribution in [-0.4, -0.2) is 31.4 Å². The summed E-state index contributed by atoms with van der Waals surface area (Å²) in [5.41, 5.74) is -1.34. The Hall–Kier alpha value is -1.32. The van der Waals surface area contributed by atoms with E-state index >= 15 is 0 Å². The molecule has 4 saturated carbocycles. The SMILES string of the molecule is CCOP(=O)(OCC)OC[C@]12CCC(C)(C)CC1C1C(=O)C[C@@H]3[C@@]4(C)C=C(C#N)C(=O)C(C)(C)[C@@H]4CC[C@@]3(C)[C@]1(C)CC2. The molecule has 0 spiro atoms. The molecule has 0 aromatic carbocycles. The van der Waals surface area contributed by atoms with E-state index in [1.54, 1.807) is 13.8 Å². The van der Waals surface area contributed by atoms with Gasteiger partial charge in [-0.3, -0.25) is 23.2 Å². The van der Waals surface area contributed by atoms with E-state index in [0.717, 1.165) is 44.9 Å². The topological polar surface area (TPSA) is 103 Å². The minimum atomic E-state index is -3.69. The summed E-state index contributed by atoms with van der Waals surface area (Å²) in [6, 6.07) is 2.22. The number of carbonyl (C=O) groups excluding carboxylic acids is 2. The molecule has 0 aromatic rings. The fraction of sp³-hybridized carbons (Fsp3) is 0.857. The smallest absolute Gasteiger partial charge is 0.299 e. The van der Waals surface area contributed by atoms with Crippen molar-refractivity contribution in [3.05, 3.63) is 11.6 Å². The molecule has 0 aromatic heterocycles. The Morgan fingerprint density at radius 1 is 0.884 bits per heavy atom. The van der Waals surface area contributed by atoms with Gasteiger partial charge in [-0.05, 0) is 104 Å². The van der Waals surface area contributed by atoms with E-state index in [0.29, 0.717) is 12.2 Å². The normalized spacial score (nSPS) is 43.4. The molecule has 0 bridgehead atoms. The first-order chi connectivity index (χ1) is 19.9. The zero-order chi connectivity index (χ0) is 31.9. The number of nitrogens with zero attached hydrogens (tertiary/aromatic N) is 1. The van der Waals surface area contributed by atoms with Crippen LogP contribution in [0.3, 0.4) is 0 Å². The number of hydrogen-bond acceptors (Lipinski definition) is 7. The largest absolute Gasteiger partial charge is 0.474 e. The molecular formula is C35H54NO6P. The van der Waals surface area contributed by atoms with Gasteiger partial charge in [0, 0.05) is 17.8 Å². The maximum Gasteiger partial charge on any atom is 0.474 e. The lowest BCUT2D eigenvalue weighted by molar-refractivity contribution is -0.226. The van der Waals surface area contributed by atoms with Crippen molar-refractivity contribution in [2.24, 2.45) is 56.2 Å². The van der Waals surface area contributed by atoms with Crippen molar-refractivity contribution in [2.75, 3.05) is 19.8 Å². The third-order valence-corrected chi connectivity index (χ3v) is 15.3. The molecule has 7 nitrogen and oxygen atoms in total. The summed E-state index contributed by atoms with van der Waals surface area (Å²) < 4.78 is 30.6. The summed E-state index contributed by atoms with van der Waals surface area (Å²) in [6.45, 7) is 20.0. The maximum absolute atomic E-state index is 14.7. The number of carbonyl (C=O) groups is 2. The van der Waals surface area contributed by atoms with Gasteiger partial charge < -0.3 is 0 Å². The molecule has 4 fully saturated rings. The van der Waals surface area contributed by atoms with E-state index in [1.807, 2.05) is 19.9 Å². The zero-order valence-corrected chi connectivity index (χ0v) is 28.9. The Morgan fingerprint density at radius 3 is 2.12 bits per heavy atom. The van der Waals surface area contributed by atoms with Crippen LogP contribution in [0.15, 0.2) is 11.6 Å². The quantitative estimate of drug-likeness (QED) is 0.265. The summed E-state index contributed by atoms with van der Waals surface area (Å²) >= 11 is 0. The number of nitriles is 1. The van der Waals surface area contributed by atoms with Crippen LogP contribution in [0, 0.1) is 67.5 Å². The lowest BCUT2D eigenvalue weighted by Gasteiger charge is -2.72. The average molecular weight is 616 g/mol. The van der Waals surface area contributed by atoms with Crippen LogP contribution in [0.25, 0.3) is 0 Å². The van der Waals surface area contributed by atoms with Gasteiger partial charge >= 0.3 is 7.82 Å². The first kappa shape index (κ1) is 33.1.